The lowest BCUT2D eigenvalue weighted by molar-refractivity contribution is -0.384. The lowest BCUT2D eigenvalue weighted by Gasteiger charge is -2.36. The van der Waals surface area contributed by atoms with Gasteiger partial charge < -0.3 is 9.80 Å². The molecule has 134 valence electrons. The SMILES string of the molecule is CCN(CC)C(=O)CN1CCN(c2ccc([N+](=O)[O-])cc2C#N)CC1. The fourth-order valence-electron chi connectivity index (χ4n) is 3.02. The third-order valence-electron chi connectivity index (χ3n) is 4.50. The van der Waals surface area contributed by atoms with Gasteiger partial charge in [0.25, 0.3) is 5.69 Å². The van der Waals surface area contributed by atoms with Crippen LogP contribution in [0.25, 0.3) is 0 Å². The van der Waals surface area contributed by atoms with Gasteiger partial charge in [-0.3, -0.25) is 19.8 Å². The fraction of sp³-hybridized carbons (Fsp3) is 0.529. The molecule has 0 radical (unpaired) electrons. The number of anilines is 1. The zero-order valence-electron chi connectivity index (χ0n) is 14.6. The molecule has 1 heterocycles. The van der Waals surface area contributed by atoms with E-state index in [1.807, 2.05) is 29.7 Å². The number of rotatable bonds is 6. The van der Waals surface area contributed by atoms with Gasteiger partial charge in [0.05, 0.1) is 22.7 Å². The summed E-state index contributed by atoms with van der Waals surface area (Å²) in [6, 6.07) is 6.41. The molecular weight excluding hydrogens is 322 g/mol. The fourth-order valence-corrected chi connectivity index (χ4v) is 3.02. The van der Waals surface area contributed by atoms with Crippen molar-refractivity contribution >= 4 is 17.3 Å². The van der Waals surface area contributed by atoms with Crippen molar-refractivity contribution in [3.8, 4) is 6.07 Å². The molecular formula is C17H23N5O3. The molecule has 0 aromatic heterocycles. The molecule has 0 atom stereocenters. The van der Waals surface area contributed by atoms with Crippen molar-refractivity contribution in [3.05, 3.63) is 33.9 Å². The number of benzene rings is 1. The van der Waals surface area contributed by atoms with Crippen molar-refractivity contribution in [1.29, 1.82) is 5.26 Å². The molecule has 1 aromatic carbocycles. The van der Waals surface area contributed by atoms with Crippen LogP contribution in [-0.2, 0) is 4.79 Å². The van der Waals surface area contributed by atoms with Gasteiger partial charge in [0.2, 0.25) is 5.91 Å². The molecule has 1 fully saturated rings. The average Bonchev–Trinajstić information content (AvgIpc) is 2.62. The van der Waals surface area contributed by atoms with E-state index >= 15 is 0 Å². The predicted molar refractivity (Wildman–Crippen MR) is 94.4 cm³/mol. The Morgan fingerprint density at radius 3 is 2.44 bits per heavy atom. The van der Waals surface area contributed by atoms with E-state index in [0.29, 0.717) is 44.0 Å². The van der Waals surface area contributed by atoms with Crippen LogP contribution in [0.4, 0.5) is 11.4 Å². The van der Waals surface area contributed by atoms with E-state index in [1.54, 1.807) is 6.07 Å². The first kappa shape index (κ1) is 18.7. The Morgan fingerprint density at radius 2 is 1.92 bits per heavy atom. The molecule has 0 N–H and O–H groups in total. The van der Waals surface area contributed by atoms with Crippen molar-refractivity contribution in [1.82, 2.24) is 9.80 Å². The van der Waals surface area contributed by atoms with Crippen LogP contribution in [-0.4, -0.2) is 66.4 Å². The highest BCUT2D eigenvalue weighted by atomic mass is 16.6. The summed E-state index contributed by atoms with van der Waals surface area (Å²) in [6.45, 7) is 8.56. The van der Waals surface area contributed by atoms with Gasteiger partial charge in [-0.25, -0.2) is 0 Å². The number of non-ortho nitro benzene ring substituents is 1. The minimum Gasteiger partial charge on any atom is -0.368 e. The van der Waals surface area contributed by atoms with Crippen LogP contribution in [0.5, 0.6) is 0 Å². The van der Waals surface area contributed by atoms with Gasteiger partial charge in [-0.05, 0) is 19.9 Å². The third kappa shape index (κ3) is 4.45. The zero-order chi connectivity index (χ0) is 18.4. The highest BCUT2D eigenvalue weighted by Gasteiger charge is 2.23. The standard InChI is InChI=1S/C17H23N5O3/c1-3-20(4-2)17(23)13-19-7-9-21(10-8-19)16-6-5-15(22(24)25)11-14(16)12-18/h5-6,11H,3-4,7-10,13H2,1-2H3. The topological polar surface area (TPSA) is 93.7 Å². The summed E-state index contributed by atoms with van der Waals surface area (Å²) in [5, 5.41) is 20.1. The Balaban J connectivity index is 1.99. The van der Waals surface area contributed by atoms with Crippen LogP contribution >= 0.6 is 0 Å². The second kappa shape index (κ2) is 8.44. The van der Waals surface area contributed by atoms with Crippen LogP contribution in [0.3, 0.4) is 0 Å². The average molecular weight is 345 g/mol. The smallest absolute Gasteiger partial charge is 0.270 e. The van der Waals surface area contributed by atoms with Crippen LogP contribution in [0.15, 0.2) is 18.2 Å². The predicted octanol–water partition coefficient (Wildman–Crippen LogP) is 1.46. The largest absolute Gasteiger partial charge is 0.368 e. The number of likely N-dealkylation sites (N-methyl/N-ethyl adjacent to an activating group) is 1. The first-order chi connectivity index (χ1) is 12.0. The van der Waals surface area contributed by atoms with E-state index in [4.69, 9.17) is 0 Å². The van der Waals surface area contributed by atoms with Gasteiger partial charge in [-0.2, -0.15) is 5.26 Å². The Morgan fingerprint density at radius 1 is 1.28 bits per heavy atom. The number of hydrogen-bond acceptors (Lipinski definition) is 6. The summed E-state index contributed by atoms with van der Waals surface area (Å²) in [7, 11) is 0. The molecule has 0 saturated carbocycles. The monoisotopic (exact) mass is 345 g/mol. The highest BCUT2D eigenvalue weighted by molar-refractivity contribution is 5.78. The number of amides is 1. The number of nitro benzene ring substituents is 1. The van der Waals surface area contributed by atoms with E-state index in [0.717, 1.165) is 13.1 Å². The van der Waals surface area contributed by atoms with Crippen molar-refractivity contribution in [2.45, 2.75) is 13.8 Å². The molecule has 1 aliphatic rings. The Labute approximate surface area is 147 Å². The second-order valence-electron chi connectivity index (χ2n) is 5.90. The van der Waals surface area contributed by atoms with E-state index < -0.39 is 4.92 Å². The summed E-state index contributed by atoms with van der Waals surface area (Å²) >= 11 is 0. The number of nitro groups is 1. The lowest BCUT2D eigenvalue weighted by atomic mass is 10.1. The maximum Gasteiger partial charge on any atom is 0.270 e. The number of carbonyl (C=O) groups excluding carboxylic acids is 1. The van der Waals surface area contributed by atoms with E-state index in [2.05, 4.69) is 4.90 Å². The Hall–Kier alpha value is -2.66. The van der Waals surface area contributed by atoms with Gasteiger partial charge in [-0.15, -0.1) is 0 Å². The number of piperazine rings is 1. The molecule has 25 heavy (non-hydrogen) atoms. The second-order valence-corrected chi connectivity index (χ2v) is 5.90. The van der Waals surface area contributed by atoms with E-state index in [1.165, 1.54) is 12.1 Å². The van der Waals surface area contributed by atoms with Gasteiger partial charge in [0.15, 0.2) is 0 Å². The van der Waals surface area contributed by atoms with Gasteiger partial charge in [-0.1, -0.05) is 0 Å². The first-order valence-electron chi connectivity index (χ1n) is 8.43. The molecule has 1 aliphatic heterocycles. The van der Waals surface area contributed by atoms with Crippen molar-refractivity contribution in [2.24, 2.45) is 0 Å². The molecule has 1 aromatic rings. The first-order valence-corrected chi connectivity index (χ1v) is 8.43. The number of hydrogen-bond donors (Lipinski definition) is 0. The minimum atomic E-state index is -0.499. The molecule has 2 rings (SSSR count). The van der Waals surface area contributed by atoms with Crippen LogP contribution in [0, 0.1) is 21.4 Å². The molecule has 0 bridgehead atoms. The summed E-state index contributed by atoms with van der Waals surface area (Å²) in [4.78, 5) is 28.5. The lowest BCUT2D eigenvalue weighted by Crippen LogP contribution is -2.50. The Bertz CT molecular complexity index is 673. The summed E-state index contributed by atoms with van der Waals surface area (Å²) < 4.78 is 0. The third-order valence-corrected chi connectivity index (χ3v) is 4.50. The number of nitriles is 1. The molecule has 1 amide bonds. The minimum absolute atomic E-state index is 0.0799. The molecule has 0 aliphatic carbocycles. The number of nitrogens with zero attached hydrogens (tertiary/aromatic N) is 5. The zero-order valence-corrected chi connectivity index (χ0v) is 14.6. The van der Waals surface area contributed by atoms with Crippen LogP contribution < -0.4 is 4.90 Å². The molecule has 8 nitrogen and oxygen atoms in total. The highest BCUT2D eigenvalue weighted by Crippen LogP contribution is 2.25. The molecule has 0 unspecified atom stereocenters. The summed E-state index contributed by atoms with van der Waals surface area (Å²) in [5.74, 6) is 0.131. The summed E-state index contributed by atoms with van der Waals surface area (Å²) in [6.07, 6.45) is 0. The maximum absolute atomic E-state index is 12.2. The van der Waals surface area contributed by atoms with E-state index in [9.17, 15) is 20.2 Å². The van der Waals surface area contributed by atoms with E-state index in [-0.39, 0.29) is 11.6 Å². The van der Waals surface area contributed by atoms with Gasteiger partial charge >= 0.3 is 0 Å². The molecule has 1 saturated heterocycles. The maximum atomic E-state index is 12.2. The van der Waals surface area contributed by atoms with Crippen molar-refractivity contribution in [2.75, 3.05) is 50.7 Å². The van der Waals surface area contributed by atoms with Crippen LogP contribution in [0.1, 0.15) is 19.4 Å². The summed E-state index contributed by atoms with van der Waals surface area (Å²) in [5.41, 5.74) is 0.938. The quantitative estimate of drug-likeness (QED) is 0.572. The van der Waals surface area contributed by atoms with Gasteiger partial charge in [0, 0.05) is 51.4 Å². The Kier molecular flexibility index (Phi) is 6.31. The van der Waals surface area contributed by atoms with Crippen molar-refractivity contribution in [3.63, 3.8) is 0 Å². The van der Waals surface area contributed by atoms with Crippen LogP contribution in [0.2, 0.25) is 0 Å². The van der Waals surface area contributed by atoms with Crippen molar-refractivity contribution < 1.29 is 9.72 Å². The normalized spacial score (nSPS) is 14.8. The van der Waals surface area contributed by atoms with Gasteiger partial charge in [0.1, 0.15) is 6.07 Å². The molecule has 0 spiro atoms. The number of carbonyl (C=O) groups is 1. The molecule has 8 heteroatoms.